The number of carbonyl (C=O) groups is 1. The summed E-state index contributed by atoms with van der Waals surface area (Å²) in [7, 11) is 0. The highest BCUT2D eigenvalue weighted by atomic mass is 35.5. The number of benzene rings is 1. The molecule has 1 N–H and O–H groups in total. The van der Waals surface area contributed by atoms with Gasteiger partial charge in [-0.2, -0.15) is 0 Å². The molecule has 0 saturated carbocycles. The van der Waals surface area contributed by atoms with E-state index in [0.717, 1.165) is 5.56 Å². The third-order valence-electron chi connectivity index (χ3n) is 2.62. The van der Waals surface area contributed by atoms with Crippen LogP contribution in [0.25, 0.3) is 0 Å². The molecule has 1 aromatic rings. The SMILES string of the molecule is O=C(CC1COC1)NCc1ccccc1Cl. The molecule has 0 spiro atoms. The summed E-state index contributed by atoms with van der Waals surface area (Å²) in [6, 6.07) is 7.52. The maximum absolute atomic E-state index is 11.5. The van der Waals surface area contributed by atoms with Crippen LogP contribution in [0.4, 0.5) is 0 Å². The van der Waals surface area contributed by atoms with Gasteiger partial charge in [-0.05, 0) is 11.6 Å². The number of carbonyl (C=O) groups excluding carboxylic acids is 1. The zero-order chi connectivity index (χ0) is 11.4. The van der Waals surface area contributed by atoms with Gasteiger partial charge in [0.25, 0.3) is 0 Å². The molecule has 0 unspecified atom stereocenters. The van der Waals surface area contributed by atoms with Crippen LogP contribution in [-0.2, 0) is 16.1 Å². The molecule has 16 heavy (non-hydrogen) atoms. The third kappa shape index (κ3) is 2.97. The fourth-order valence-electron chi connectivity index (χ4n) is 1.57. The van der Waals surface area contributed by atoms with Crippen molar-refractivity contribution >= 4 is 17.5 Å². The monoisotopic (exact) mass is 239 g/mol. The van der Waals surface area contributed by atoms with E-state index in [1.54, 1.807) is 0 Å². The van der Waals surface area contributed by atoms with Gasteiger partial charge in [0.05, 0.1) is 13.2 Å². The summed E-state index contributed by atoms with van der Waals surface area (Å²) in [5, 5.41) is 3.55. The van der Waals surface area contributed by atoms with Crippen LogP contribution in [0.2, 0.25) is 5.02 Å². The van der Waals surface area contributed by atoms with Crippen molar-refractivity contribution in [2.45, 2.75) is 13.0 Å². The zero-order valence-corrected chi connectivity index (χ0v) is 9.67. The third-order valence-corrected chi connectivity index (χ3v) is 2.98. The highest BCUT2D eigenvalue weighted by molar-refractivity contribution is 6.31. The lowest BCUT2D eigenvalue weighted by atomic mass is 10.0. The van der Waals surface area contributed by atoms with Gasteiger partial charge in [0.1, 0.15) is 0 Å². The van der Waals surface area contributed by atoms with Crippen molar-refractivity contribution in [1.29, 1.82) is 0 Å². The molecule has 2 rings (SSSR count). The Morgan fingerprint density at radius 3 is 2.81 bits per heavy atom. The first-order valence-corrected chi connectivity index (χ1v) is 5.71. The molecule has 3 nitrogen and oxygen atoms in total. The number of amides is 1. The first kappa shape index (κ1) is 11.4. The molecule has 1 heterocycles. The average molecular weight is 240 g/mol. The molecular formula is C12H14ClNO2. The van der Waals surface area contributed by atoms with Gasteiger partial charge < -0.3 is 10.1 Å². The van der Waals surface area contributed by atoms with Crippen LogP contribution in [0.5, 0.6) is 0 Å². The van der Waals surface area contributed by atoms with Crippen molar-refractivity contribution < 1.29 is 9.53 Å². The van der Waals surface area contributed by atoms with Crippen LogP contribution in [0.1, 0.15) is 12.0 Å². The van der Waals surface area contributed by atoms with Gasteiger partial charge in [0.2, 0.25) is 5.91 Å². The maximum Gasteiger partial charge on any atom is 0.220 e. The van der Waals surface area contributed by atoms with Gasteiger partial charge in [0, 0.05) is 23.9 Å². The minimum absolute atomic E-state index is 0.0632. The molecule has 0 aliphatic carbocycles. The summed E-state index contributed by atoms with van der Waals surface area (Å²) < 4.78 is 5.02. The first-order valence-electron chi connectivity index (χ1n) is 5.33. The quantitative estimate of drug-likeness (QED) is 0.873. The van der Waals surface area contributed by atoms with E-state index in [-0.39, 0.29) is 5.91 Å². The predicted molar refractivity (Wildman–Crippen MR) is 62.2 cm³/mol. The molecule has 1 aromatic carbocycles. The summed E-state index contributed by atoms with van der Waals surface area (Å²) in [6.45, 7) is 1.91. The number of hydrogen-bond donors (Lipinski definition) is 1. The topological polar surface area (TPSA) is 38.3 Å². The Morgan fingerprint density at radius 2 is 2.19 bits per heavy atom. The highest BCUT2D eigenvalue weighted by Gasteiger charge is 2.21. The Labute approximate surface area is 99.7 Å². The van der Waals surface area contributed by atoms with E-state index in [0.29, 0.717) is 37.1 Å². The van der Waals surface area contributed by atoms with Crippen LogP contribution in [-0.4, -0.2) is 19.1 Å². The first-order chi connectivity index (χ1) is 7.75. The van der Waals surface area contributed by atoms with E-state index in [1.807, 2.05) is 24.3 Å². The molecule has 0 aromatic heterocycles. The van der Waals surface area contributed by atoms with E-state index in [2.05, 4.69) is 5.32 Å². The minimum atomic E-state index is 0.0632. The lowest BCUT2D eigenvalue weighted by molar-refractivity contribution is -0.126. The highest BCUT2D eigenvalue weighted by Crippen LogP contribution is 2.16. The number of rotatable bonds is 4. The van der Waals surface area contributed by atoms with Gasteiger partial charge in [0.15, 0.2) is 0 Å². The molecule has 86 valence electrons. The molecule has 0 atom stereocenters. The Morgan fingerprint density at radius 1 is 1.44 bits per heavy atom. The summed E-state index contributed by atoms with van der Waals surface area (Å²) >= 11 is 5.98. The normalized spacial score (nSPS) is 15.6. The van der Waals surface area contributed by atoms with Crippen molar-refractivity contribution in [1.82, 2.24) is 5.32 Å². The maximum atomic E-state index is 11.5. The van der Waals surface area contributed by atoms with Crippen LogP contribution < -0.4 is 5.32 Å². The fourth-order valence-corrected chi connectivity index (χ4v) is 1.77. The fraction of sp³-hybridized carbons (Fsp3) is 0.417. The molecule has 0 radical (unpaired) electrons. The van der Waals surface area contributed by atoms with Crippen molar-refractivity contribution in [3.63, 3.8) is 0 Å². The number of nitrogens with one attached hydrogen (secondary N) is 1. The molecule has 1 fully saturated rings. The smallest absolute Gasteiger partial charge is 0.220 e. The number of halogens is 1. The van der Waals surface area contributed by atoms with Crippen LogP contribution in [0, 0.1) is 5.92 Å². The van der Waals surface area contributed by atoms with Gasteiger partial charge >= 0.3 is 0 Å². The molecule has 4 heteroatoms. The van der Waals surface area contributed by atoms with Crippen LogP contribution in [0.3, 0.4) is 0 Å². The second-order valence-corrected chi connectivity index (χ2v) is 4.38. The second-order valence-electron chi connectivity index (χ2n) is 3.98. The molecule has 1 amide bonds. The molecule has 1 aliphatic rings. The van der Waals surface area contributed by atoms with Crippen molar-refractivity contribution in [2.24, 2.45) is 5.92 Å². The largest absolute Gasteiger partial charge is 0.381 e. The van der Waals surface area contributed by atoms with Crippen LogP contribution >= 0.6 is 11.6 Å². The number of ether oxygens (including phenoxy) is 1. The zero-order valence-electron chi connectivity index (χ0n) is 8.91. The standard InChI is InChI=1S/C12H14ClNO2/c13-11-4-2-1-3-10(11)6-14-12(15)5-9-7-16-8-9/h1-4,9H,5-8H2,(H,14,15). The van der Waals surface area contributed by atoms with E-state index < -0.39 is 0 Å². The predicted octanol–water partition coefficient (Wildman–Crippen LogP) is 1.99. The van der Waals surface area contributed by atoms with E-state index in [9.17, 15) is 4.79 Å². The molecule has 1 saturated heterocycles. The van der Waals surface area contributed by atoms with Gasteiger partial charge in [-0.15, -0.1) is 0 Å². The van der Waals surface area contributed by atoms with Crippen molar-refractivity contribution in [2.75, 3.05) is 13.2 Å². The lowest BCUT2D eigenvalue weighted by Gasteiger charge is -2.25. The summed E-state index contributed by atoms with van der Waals surface area (Å²) in [5.41, 5.74) is 0.947. The van der Waals surface area contributed by atoms with E-state index >= 15 is 0 Å². The molecule has 0 bridgehead atoms. The number of hydrogen-bond acceptors (Lipinski definition) is 2. The lowest BCUT2D eigenvalue weighted by Crippen LogP contribution is -2.34. The van der Waals surface area contributed by atoms with Gasteiger partial charge in [-0.1, -0.05) is 29.8 Å². The Kier molecular flexibility index (Phi) is 3.80. The van der Waals surface area contributed by atoms with Gasteiger partial charge in [-0.25, -0.2) is 0 Å². The summed E-state index contributed by atoms with van der Waals surface area (Å²) in [6.07, 6.45) is 0.546. The van der Waals surface area contributed by atoms with E-state index in [1.165, 1.54) is 0 Å². The van der Waals surface area contributed by atoms with Crippen molar-refractivity contribution in [3.8, 4) is 0 Å². The Hall–Kier alpha value is -1.06. The van der Waals surface area contributed by atoms with Gasteiger partial charge in [-0.3, -0.25) is 4.79 Å². The average Bonchev–Trinajstić information content (AvgIpc) is 2.22. The Bertz CT molecular complexity index is 377. The van der Waals surface area contributed by atoms with Crippen LogP contribution in [0.15, 0.2) is 24.3 Å². The molecular weight excluding hydrogens is 226 g/mol. The summed E-state index contributed by atoms with van der Waals surface area (Å²) in [4.78, 5) is 11.5. The summed E-state index contributed by atoms with van der Waals surface area (Å²) in [5.74, 6) is 0.458. The Balaban J connectivity index is 1.78. The minimum Gasteiger partial charge on any atom is -0.381 e. The van der Waals surface area contributed by atoms with E-state index in [4.69, 9.17) is 16.3 Å². The molecule has 1 aliphatic heterocycles. The second kappa shape index (κ2) is 5.32. The van der Waals surface area contributed by atoms with Crippen molar-refractivity contribution in [3.05, 3.63) is 34.9 Å².